The van der Waals surface area contributed by atoms with Crippen LogP contribution in [-0.2, 0) is 16.1 Å². The quantitative estimate of drug-likeness (QED) is 0.498. The number of amides is 3. The van der Waals surface area contributed by atoms with Crippen LogP contribution in [0.1, 0.15) is 21.5 Å². The number of phenols is 1. The smallest absolute Gasteiger partial charge is 0.279 e. The van der Waals surface area contributed by atoms with Crippen molar-refractivity contribution in [3.63, 3.8) is 0 Å². The van der Waals surface area contributed by atoms with Gasteiger partial charge in [0.2, 0.25) is 0 Å². The number of phenolic OH excluding ortho intramolecular Hbond substituents is 1. The summed E-state index contributed by atoms with van der Waals surface area (Å²) in [7, 11) is 4.55. The fraction of sp³-hybridized carbons (Fsp3) is 0.227. The van der Waals surface area contributed by atoms with Crippen LogP contribution in [0.3, 0.4) is 0 Å². The second-order valence-electron chi connectivity index (χ2n) is 7.24. The van der Waals surface area contributed by atoms with E-state index < -0.39 is 11.8 Å². The molecule has 0 saturated carbocycles. The van der Waals surface area contributed by atoms with Crippen molar-refractivity contribution in [2.45, 2.75) is 13.5 Å². The van der Waals surface area contributed by atoms with Crippen LogP contribution >= 0.6 is 0 Å². The predicted molar refractivity (Wildman–Crippen MR) is 113 cm³/mol. The number of rotatable bonds is 6. The molecule has 0 saturated heterocycles. The first-order valence-corrected chi connectivity index (χ1v) is 9.38. The maximum atomic E-state index is 12.7. The molecule has 8 heteroatoms. The van der Waals surface area contributed by atoms with Gasteiger partial charge in [0.05, 0.1) is 11.3 Å². The number of carbonyl (C=O) groups excluding carboxylic acids is 3. The van der Waals surface area contributed by atoms with E-state index in [0.717, 1.165) is 10.5 Å². The Morgan fingerprint density at radius 1 is 1.03 bits per heavy atom. The molecule has 0 fully saturated rings. The lowest BCUT2D eigenvalue weighted by atomic mass is 10.1. The van der Waals surface area contributed by atoms with Crippen LogP contribution in [0.2, 0.25) is 0 Å². The van der Waals surface area contributed by atoms with Gasteiger partial charge in [0.25, 0.3) is 17.7 Å². The lowest BCUT2D eigenvalue weighted by molar-refractivity contribution is -0.136. The van der Waals surface area contributed by atoms with Gasteiger partial charge in [0.1, 0.15) is 11.4 Å². The first-order chi connectivity index (χ1) is 14.2. The standard InChI is InChI=1S/C22H24N4O4/c1-13-10-11-15(20(28)25(2)3)19(27)16(13)24-18-17(21(29)26(4)22(18)30)23-12-14-8-6-5-7-9-14/h5-11,23-24,27H,12H2,1-4H3. The summed E-state index contributed by atoms with van der Waals surface area (Å²) in [6.45, 7) is 2.08. The zero-order valence-electron chi connectivity index (χ0n) is 17.3. The number of likely N-dealkylation sites (N-methyl/N-ethyl adjacent to an activating group) is 1. The van der Waals surface area contributed by atoms with Crippen molar-refractivity contribution in [1.82, 2.24) is 15.1 Å². The van der Waals surface area contributed by atoms with E-state index in [-0.39, 0.29) is 34.3 Å². The SMILES string of the molecule is Cc1ccc(C(=O)N(C)C)c(O)c1NC1=C(NCc2ccccc2)C(=O)N(C)C1=O. The summed E-state index contributed by atoms with van der Waals surface area (Å²) < 4.78 is 0. The number of anilines is 1. The van der Waals surface area contributed by atoms with Crippen LogP contribution in [0.15, 0.2) is 53.9 Å². The van der Waals surface area contributed by atoms with Crippen molar-refractivity contribution < 1.29 is 19.5 Å². The molecule has 2 aromatic rings. The maximum absolute atomic E-state index is 12.7. The van der Waals surface area contributed by atoms with Crippen molar-refractivity contribution in [3.8, 4) is 5.75 Å². The average molecular weight is 408 g/mol. The molecular formula is C22H24N4O4. The Kier molecular flexibility index (Phi) is 5.77. The van der Waals surface area contributed by atoms with E-state index in [9.17, 15) is 19.5 Å². The minimum atomic E-state index is -0.529. The summed E-state index contributed by atoms with van der Waals surface area (Å²) in [5.41, 5.74) is 1.98. The second kappa shape index (κ2) is 8.28. The number of hydrogen-bond donors (Lipinski definition) is 3. The summed E-state index contributed by atoms with van der Waals surface area (Å²) in [5.74, 6) is -1.66. The highest BCUT2D eigenvalue weighted by molar-refractivity contribution is 6.20. The number of carbonyl (C=O) groups is 3. The fourth-order valence-corrected chi connectivity index (χ4v) is 3.10. The van der Waals surface area contributed by atoms with Gasteiger partial charge in [-0.3, -0.25) is 19.3 Å². The molecular weight excluding hydrogens is 384 g/mol. The Bertz CT molecular complexity index is 1040. The van der Waals surface area contributed by atoms with Crippen molar-refractivity contribution >= 4 is 23.4 Å². The van der Waals surface area contributed by atoms with Gasteiger partial charge in [-0.1, -0.05) is 36.4 Å². The Morgan fingerprint density at radius 3 is 2.30 bits per heavy atom. The number of nitrogens with one attached hydrogen (secondary N) is 2. The highest BCUT2D eigenvalue weighted by atomic mass is 16.3. The molecule has 0 radical (unpaired) electrons. The summed E-state index contributed by atoms with van der Waals surface area (Å²) in [5, 5.41) is 16.6. The molecule has 0 unspecified atom stereocenters. The third-order valence-corrected chi connectivity index (χ3v) is 4.87. The Labute approximate surface area is 174 Å². The largest absolute Gasteiger partial charge is 0.505 e. The van der Waals surface area contributed by atoms with Crippen LogP contribution in [0, 0.1) is 6.92 Å². The van der Waals surface area contributed by atoms with E-state index in [4.69, 9.17) is 0 Å². The second-order valence-corrected chi connectivity index (χ2v) is 7.24. The lowest BCUT2D eigenvalue weighted by Crippen LogP contribution is -2.30. The number of benzene rings is 2. The van der Waals surface area contributed by atoms with Gasteiger partial charge in [-0.05, 0) is 24.1 Å². The minimum absolute atomic E-state index is 0.0197. The average Bonchev–Trinajstić information content (AvgIpc) is 2.93. The van der Waals surface area contributed by atoms with Gasteiger partial charge in [0.15, 0.2) is 5.75 Å². The Hall–Kier alpha value is -3.81. The van der Waals surface area contributed by atoms with E-state index in [1.165, 1.54) is 18.0 Å². The first-order valence-electron chi connectivity index (χ1n) is 9.38. The van der Waals surface area contributed by atoms with E-state index in [1.807, 2.05) is 30.3 Å². The number of aromatic hydroxyl groups is 1. The molecule has 0 aromatic heterocycles. The molecule has 1 heterocycles. The van der Waals surface area contributed by atoms with E-state index in [0.29, 0.717) is 12.1 Å². The summed E-state index contributed by atoms with van der Waals surface area (Å²) >= 11 is 0. The number of imide groups is 1. The topological polar surface area (TPSA) is 102 Å². The first kappa shape index (κ1) is 20.9. The number of nitrogens with zero attached hydrogens (tertiary/aromatic N) is 2. The predicted octanol–water partition coefficient (Wildman–Crippen LogP) is 1.81. The third kappa shape index (κ3) is 3.84. The molecule has 2 aromatic carbocycles. The third-order valence-electron chi connectivity index (χ3n) is 4.87. The van der Waals surface area contributed by atoms with E-state index >= 15 is 0 Å². The van der Waals surface area contributed by atoms with Crippen molar-refractivity contribution in [2.24, 2.45) is 0 Å². The summed E-state index contributed by atoms with van der Waals surface area (Å²) in [6.07, 6.45) is 0. The molecule has 0 atom stereocenters. The summed E-state index contributed by atoms with van der Waals surface area (Å²) in [6, 6.07) is 12.6. The van der Waals surface area contributed by atoms with Crippen molar-refractivity contribution in [3.05, 3.63) is 70.5 Å². The molecule has 3 N–H and O–H groups in total. The lowest BCUT2D eigenvalue weighted by Gasteiger charge is -2.17. The molecule has 30 heavy (non-hydrogen) atoms. The van der Waals surface area contributed by atoms with Crippen LogP contribution in [0.4, 0.5) is 5.69 Å². The van der Waals surface area contributed by atoms with Crippen LogP contribution < -0.4 is 10.6 Å². The molecule has 1 aliphatic rings. The summed E-state index contributed by atoms with van der Waals surface area (Å²) in [4.78, 5) is 40.0. The highest BCUT2D eigenvalue weighted by Gasteiger charge is 2.37. The highest BCUT2D eigenvalue weighted by Crippen LogP contribution is 2.34. The molecule has 3 amide bonds. The van der Waals surface area contributed by atoms with Gasteiger partial charge in [-0.25, -0.2) is 0 Å². The molecule has 8 nitrogen and oxygen atoms in total. The van der Waals surface area contributed by atoms with Crippen molar-refractivity contribution in [1.29, 1.82) is 0 Å². The van der Waals surface area contributed by atoms with Gasteiger partial charge < -0.3 is 20.6 Å². The van der Waals surface area contributed by atoms with Gasteiger partial charge in [-0.2, -0.15) is 0 Å². The molecule has 0 aliphatic carbocycles. The molecule has 156 valence electrons. The normalized spacial score (nSPS) is 13.7. The fourth-order valence-electron chi connectivity index (χ4n) is 3.10. The van der Waals surface area contributed by atoms with E-state index in [1.54, 1.807) is 27.1 Å². The molecule has 0 spiro atoms. The van der Waals surface area contributed by atoms with E-state index in [2.05, 4.69) is 10.6 Å². The minimum Gasteiger partial charge on any atom is -0.505 e. The molecule has 1 aliphatic heterocycles. The number of aryl methyl sites for hydroxylation is 1. The Balaban J connectivity index is 1.98. The van der Waals surface area contributed by atoms with Crippen molar-refractivity contribution in [2.75, 3.05) is 26.5 Å². The molecule has 3 rings (SSSR count). The molecule has 0 bridgehead atoms. The van der Waals surface area contributed by atoms with Crippen LogP contribution in [0.25, 0.3) is 0 Å². The Morgan fingerprint density at radius 2 is 1.67 bits per heavy atom. The zero-order valence-corrected chi connectivity index (χ0v) is 17.3. The zero-order chi connectivity index (χ0) is 22.0. The van der Waals surface area contributed by atoms with Crippen LogP contribution in [0.5, 0.6) is 5.75 Å². The van der Waals surface area contributed by atoms with Gasteiger partial charge in [0, 0.05) is 27.7 Å². The number of hydrogen-bond acceptors (Lipinski definition) is 6. The van der Waals surface area contributed by atoms with Gasteiger partial charge in [-0.15, -0.1) is 0 Å². The monoisotopic (exact) mass is 408 g/mol. The maximum Gasteiger partial charge on any atom is 0.279 e. The van der Waals surface area contributed by atoms with Crippen LogP contribution in [-0.4, -0.2) is 53.8 Å². The van der Waals surface area contributed by atoms with Gasteiger partial charge >= 0.3 is 0 Å².